The van der Waals surface area contributed by atoms with Crippen LogP contribution in [0, 0.1) is 11.7 Å². The van der Waals surface area contributed by atoms with Crippen LogP contribution in [0.15, 0.2) is 18.2 Å². The average molecular weight is 283 g/mol. The van der Waals surface area contributed by atoms with Crippen LogP contribution in [0.3, 0.4) is 0 Å². The van der Waals surface area contributed by atoms with Gasteiger partial charge in [0.15, 0.2) is 0 Å². The highest BCUT2D eigenvalue weighted by atomic mass is 35.5. The normalized spacial score (nSPS) is 13.4. The zero-order chi connectivity index (χ0) is 14.0. The van der Waals surface area contributed by atoms with Crippen molar-refractivity contribution in [3.8, 4) is 0 Å². The molecule has 1 unspecified atom stereocenters. The minimum absolute atomic E-state index is 0.220. The molecule has 1 aromatic carbocycles. The van der Waals surface area contributed by atoms with Crippen LogP contribution in [0.5, 0.6) is 0 Å². The third-order valence-electron chi connectivity index (χ3n) is 3.30. The van der Waals surface area contributed by atoms with Gasteiger partial charge in [0, 0.05) is 18.3 Å². The fourth-order valence-corrected chi connectivity index (χ4v) is 2.83. The maximum absolute atomic E-state index is 13.5. The van der Waals surface area contributed by atoms with E-state index in [1.54, 1.807) is 12.1 Å². The van der Waals surface area contributed by atoms with Crippen molar-refractivity contribution in [2.24, 2.45) is 5.92 Å². The van der Waals surface area contributed by atoms with Crippen molar-refractivity contribution in [3.05, 3.63) is 29.8 Å². The summed E-state index contributed by atoms with van der Waals surface area (Å²) in [4.78, 5) is 4.58. The van der Waals surface area contributed by atoms with E-state index in [4.69, 9.17) is 11.6 Å². The molecular weight excluding hydrogens is 263 g/mol. The smallest absolute Gasteiger partial charge is 0.125 e. The molecule has 4 heteroatoms. The van der Waals surface area contributed by atoms with Crippen LogP contribution in [0.25, 0.3) is 11.0 Å². The number of rotatable bonds is 5. The summed E-state index contributed by atoms with van der Waals surface area (Å²) < 4.78 is 15.6. The van der Waals surface area contributed by atoms with Crippen molar-refractivity contribution in [1.29, 1.82) is 0 Å². The molecule has 0 saturated carbocycles. The van der Waals surface area contributed by atoms with E-state index in [9.17, 15) is 4.39 Å². The number of alkyl halides is 1. The highest BCUT2D eigenvalue weighted by molar-refractivity contribution is 6.17. The number of hydrogen-bond donors (Lipinski definition) is 0. The highest BCUT2D eigenvalue weighted by Gasteiger charge is 2.16. The molecule has 0 aliphatic rings. The van der Waals surface area contributed by atoms with Crippen LogP contribution in [0.4, 0.5) is 4.39 Å². The van der Waals surface area contributed by atoms with E-state index in [1.807, 2.05) is 0 Å². The average Bonchev–Trinajstić information content (AvgIpc) is 2.65. The summed E-state index contributed by atoms with van der Waals surface area (Å²) in [5, 5.41) is 0. The number of aryl methyl sites for hydroxylation is 1. The van der Waals surface area contributed by atoms with Crippen LogP contribution < -0.4 is 0 Å². The molecule has 1 heterocycles. The number of hydrogen-bond acceptors (Lipinski definition) is 1. The molecule has 1 aromatic heterocycles. The first-order chi connectivity index (χ1) is 9.02. The Balaban J connectivity index is 2.52. The van der Waals surface area contributed by atoms with Gasteiger partial charge >= 0.3 is 0 Å². The Morgan fingerprint density at radius 1 is 1.32 bits per heavy atom. The minimum Gasteiger partial charge on any atom is -0.325 e. The van der Waals surface area contributed by atoms with E-state index in [0.29, 0.717) is 24.3 Å². The topological polar surface area (TPSA) is 17.8 Å². The van der Waals surface area contributed by atoms with Crippen molar-refractivity contribution in [1.82, 2.24) is 9.55 Å². The Kier molecular flexibility index (Phi) is 4.46. The molecule has 0 saturated heterocycles. The first kappa shape index (κ1) is 14.3. The molecule has 0 aliphatic heterocycles. The number of benzene rings is 1. The lowest BCUT2D eigenvalue weighted by molar-refractivity contribution is 0.426. The zero-order valence-corrected chi connectivity index (χ0v) is 12.4. The lowest BCUT2D eigenvalue weighted by Gasteiger charge is -2.19. The van der Waals surface area contributed by atoms with Crippen molar-refractivity contribution >= 4 is 22.6 Å². The molecule has 104 valence electrons. The van der Waals surface area contributed by atoms with Crippen molar-refractivity contribution in [3.63, 3.8) is 0 Å². The van der Waals surface area contributed by atoms with E-state index < -0.39 is 0 Å². The molecular formula is C15H20ClFN2. The largest absolute Gasteiger partial charge is 0.325 e. The molecule has 0 bridgehead atoms. The van der Waals surface area contributed by atoms with Gasteiger partial charge in [0.2, 0.25) is 0 Å². The summed E-state index contributed by atoms with van der Waals surface area (Å²) in [6.07, 6.45) is 1.75. The van der Waals surface area contributed by atoms with Crippen molar-refractivity contribution < 1.29 is 4.39 Å². The van der Waals surface area contributed by atoms with Crippen molar-refractivity contribution in [2.45, 2.75) is 39.7 Å². The lowest BCUT2D eigenvalue weighted by atomic mass is 10.0. The quantitative estimate of drug-likeness (QED) is 0.735. The Labute approximate surface area is 118 Å². The fraction of sp³-hybridized carbons (Fsp3) is 0.533. The first-order valence-electron chi connectivity index (χ1n) is 6.75. The minimum atomic E-state index is -0.220. The number of aromatic nitrogens is 2. The van der Waals surface area contributed by atoms with Gasteiger partial charge in [0.25, 0.3) is 0 Å². The lowest BCUT2D eigenvalue weighted by Crippen LogP contribution is -2.12. The zero-order valence-electron chi connectivity index (χ0n) is 11.7. The Hall–Kier alpha value is -1.09. The fourth-order valence-electron chi connectivity index (χ4n) is 2.66. The summed E-state index contributed by atoms with van der Waals surface area (Å²) in [6.45, 7) is 6.54. The predicted molar refractivity (Wildman–Crippen MR) is 78.3 cm³/mol. The summed E-state index contributed by atoms with van der Waals surface area (Å²) in [7, 11) is 0. The third kappa shape index (κ3) is 3.08. The van der Waals surface area contributed by atoms with E-state index in [-0.39, 0.29) is 5.82 Å². The van der Waals surface area contributed by atoms with Crippen LogP contribution in [0.2, 0.25) is 0 Å². The standard InChI is InChI=1S/C15H20ClFN2/c1-10(2)8-11(3)19-14-9-12(17)4-5-13(14)18-15(19)6-7-16/h4-5,9-11H,6-8H2,1-3H3. The SMILES string of the molecule is CC(C)CC(C)n1c(CCCl)nc2ccc(F)cc21. The van der Waals surface area contributed by atoms with E-state index in [0.717, 1.165) is 23.3 Å². The van der Waals surface area contributed by atoms with E-state index >= 15 is 0 Å². The van der Waals surface area contributed by atoms with E-state index in [2.05, 4.69) is 30.3 Å². The van der Waals surface area contributed by atoms with Gasteiger partial charge in [0.1, 0.15) is 11.6 Å². The molecule has 0 aliphatic carbocycles. The first-order valence-corrected chi connectivity index (χ1v) is 7.28. The predicted octanol–water partition coefficient (Wildman–Crippen LogP) is 4.56. The summed E-state index contributed by atoms with van der Waals surface area (Å²) in [5.74, 6) is 1.84. The van der Waals surface area contributed by atoms with Crippen molar-refractivity contribution in [2.75, 3.05) is 5.88 Å². The molecule has 0 fully saturated rings. The van der Waals surface area contributed by atoms with Gasteiger partial charge in [-0.15, -0.1) is 11.6 Å². The maximum Gasteiger partial charge on any atom is 0.125 e. The summed E-state index contributed by atoms with van der Waals surface area (Å²) in [6, 6.07) is 5.06. The molecule has 1 atom stereocenters. The molecule has 19 heavy (non-hydrogen) atoms. The van der Waals surface area contributed by atoms with Gasteiger partial charge in [-0.25, -0.2) is 9.37 Å². The summed E-state index contributed by atoms with van der Waals surface area (Å²) >= 11 is 5.85. The molecule has 2 aromatic rings. The van der Waals surface area contributed by atoms with Gasteiger partial charge in [-0.3, -0.25) is 0 Å². The molecule has 0 spiro atoms. The monoisotopic (exact) mass is 282 g/mol. The van der Waals surface area contributed by atoms with Crippen LogP contribution in [0.1, 0.15) is 39.1 Å². The van der Waals surface area contributed by atoms with Gasteiger partial charge in [0.05, 0.1) is 11.0 Å². The Morgan fingerprint density at radius 3 is 2.68 bits per heavy atom. The molecule has 2 rings (SSSR count). The summed E-state index contributed by atoms with van der Waals surface area (Å²) in [5.41, 5.74) is 1.71. The van der Waals surface area contributed by atoms with Crippen LogP contribution >= 0.6 is 11.6 Å². The number of halogens is 2. The second-order valence-electron chi connectivity index (χ2n) is 5.45. The van der Waals surface area contributed by atoms with Gasteiger partial charge < -0.3 is 4.57 Å². The van der Waals surface area contributed by atoms with Crippen LogP contribution in [-0.2, 0) is 6.42 Å². The molecule has 2 nitrogen and oxygen atoms in total. The second kappa shape index (κ2) is 5.91. The Bertz CT molecular complexity index is 563. The number of nitrogens with zero attached hydrogens (tertiary/aromatic N) is 2. The number of fused-ring (bicyclic) bond motifs is 1. The highest BCUT2D eigenvalue weighted by Crippen LogP contribution is 2.26. The van der Waals surface area contributed by atoms with Crippen LogP contribution in [-0.4, -0.2) is 15.4 Å². The second-order valence-corrected chi connectivity index (χ2v) is 5.83. The third-order valence-corrected chi connectivity index (χ3v) is 3.48. The molecule has 0 amide bonds. The van der Waals surface area contributed by atoms with Gasteiger partial charge in [-0.05, 0) is 37.5 Å². The molecule has 0 radical (unpaired) electrons. The maximum atomic E-state index is 13.5. The van der Waals surface area contributed by atoms with Gasteiger partial charge in [-0.2, -0.15) is 0 Å². The molecule has 0 N–H and O–H groups in total. The Morgan fingerprint density at radius 2 is 2.05 bits per heavy atom. The number of imidazole rings is 1. The van der Waals surface area contributed by atoms with Gasteiger partial charge in [-0.1, -0.05) is 13.8 Å². The van der Waals surface area contributed by atoms with E-state index in [1.165, 1.54) is 6.07 Å².